The largest absolute Gasteiger partial charge is 0.466 e. The topological polar surface area (TPSA) is 63.7 Å². The van der Waals surface area contributed by atoms with Crippen LogP contribution in [-0.2, 0) is 19.1 Å². The van der Waals surface area contributed by atoms with Gasteiger partial charge in [0, 0.05) is 18.5 Å². The predicted molar refractivity (Wildman–Crippen MR) is 100 cm³/mol. The molecule has 0 spiro atoms. The third-order valence-corrected chi connectivity index (χ3v) is 4.37. The summed E-state index contributed by atoms with van der Waals surface area (Å²) in [6.45, 7) is 2.71. The van der Waals surface area contributed by atoms with Gasteiger partial charge in [-0.1, -0.05) is 49.6 Å². The number of ether oxygens (including phenoxy) is 1. The molecule has 1 aliphatic heterocycles. The van der Waals surface area contributed by atoms with Gasteiger partial charge < -0.3 is 4.74 Å². The van der Waals surface area contributed by atoms with Gasteiger partial charge in [-0.25, -0.2) is 0 Å². The zero-order valence-corrected chi connectivity index (χ0v) is 15.4. The minimum absolute atomic E-state index is 0.112. The van der Waals surface area contributed by atoms with Crippen LogP contribution in [0.25, 0.3) is 6.08 Å². The van der Waals surface area contributed by atoms with E-state index >= 15 is 0 Å². The molecule has 0 N–H and O–H groups in total. The van der Waals surface area contributed by atoms with Crippen LogP contribution in [0.4, 0.5) is 0 Å². The Hall–Kier alpha value is -2.43. The van der Waals surface area contributed by atoms with Crippen molar-refractivity contribution in [3.05, 3.63) is 41.5 Å². The van der Waals surface area contributed by atoms with Crippen LogP contribution < -0.4 is 0 Å². The number of imide groups is 1. The summed E-state index contributed by atoms with van der Waals surface area (Å²) in [5.41, 5.74) is 1.50. The molecule has 0 atom stereocenters. The molecule has 2 rings (SSSR count). The zero-order valence-electron chi connectivity index (χ0n) is 15.4. The summed E-state index contributed by atoms with van der Waals surface area (Å²) in [6.07, 6.45) is 6.97. The molecular formula is C21H27NO4. The normalized spacial score (nSPS) is 15.7. The molecular weight excluding hydrogens is 330 g/mol. The van der Waals surface area contributed by atoms with Crippen molar-refractivity contribution < 1.29 is 19.1 Å². The highest BCUT2D eigenvalue weighted by molar-refractivity contribution is 6.15. The van der Waals surface area contributed by atoms with Crippen LogP contribution in [0, 0.1) is 0 Å². The van der Waals surface area contributed by atoms with E-state index in [-0.39, 0.29) is 24.2 Å². The molecule has 26 heavy (non-hydrogen) atoms. The maximum atomic E-state index is 12.4. The van der Waals surface area contributed by atoms with Crippen LogP contribution in [-0.4, -0.2) is 35.8 Å². The summed E-state index contributed by atoms with van der Waals surface area (Å²) in [4.78, 5) is 37.1. The fourth-order valence-electron chi connectivity index (χ4n) is 3.01. The minimum Gasteiger partial charge on any atom is -0.466 e. The van der Waals surface area contributed by atoms with E-state index in [0.29, 0.717) is 25.1 Å². The van der Waals surface area contributed by atoms with Gasteiger partial charge in [0.25, 0.3) is 5.91 Å². The average molecular weight is 357 g/mol. The van der Waals surface area contributed by atoms with E-state index in [0.717, 1.165) is 37.7 Å². The smallest absolute Gasteiger partial charge is 0.305 e. The van der Waals surface area contributed by atoms with Crippen molar-refractivity contribution in [3.63, 3.8) is 0 Å². The summed E-state index contributed by atoms with van der Waals surface area (Å²) < 4.78 is 4.89. The third kappa shape index (κ3) is 6.14. The Morgan fingerprint density at radius 1 is 1.08 bits per heavy atom. The van der Waals surface area contributed by atoms with Gasteiger partial charge >= 0.3 is 5.97 Å². The van der Waals surface area contributed by atoms with Gasteiger partial charge in [0.1, 0.15) is 0 Å². The predicted octanol–water partition coefficient (Wildman–Crippen LogP) is 3.73. The quantitative estimate of drug-likeness (QED) is 0.277. The molecule has 0 aromatic heterocycles. The monoisotopic (exact) mass is 357 g/mol. The lowest BCUT2D eigenvalue weighted by atomic mass is 10.1. The van der Waals surface area contributed by atoms with Gasteiger partial charge in [-0.15, -0.1) is 0 Å². The SMILES string of the molecule is CCOC(=O)CCCCCCCN1C(=O)C/C(=C\c2ccccc2)C1=O. The molecule has 140 valence electrons. The van der Waals surface area contributed by atoms with Crippen LogP contribution in [0.15, 0.2) is 35.9 Å². The van der Waals surface area contributed by atoms with E-state index in [4.69, 9.17) is 4.74 Å². The van der Waals surface area contributed by atoms with E-state index in [9.17, 15) is 14.4 Å². The maximum absolute atomic E-state index is 12.4. The van der Waals surface area contributed by atoms with E-state index in [1.807, 2.05) is 30.3 Å². The van der Waals surface area contributed by atoms with Crippen molar-refractivity contribution in [3.8, 4) is 0 Å². The second-order valence-electron chi connectivity index (χ2n) is 6.43. The van der Waals surface area contributed by atoms with Crippen molar-refractivity contribution >= 4 is 23.9 Å². The first-order chi connectivity index (χ1) is 12.6. The first-order valence-electron chi connectivity index (χ1n) is 9.37. The second-order valence-corrected chi connectivity index (χ2v) is 6.43. The zero-order chi connectivity index (χ0) is 18.8. The number of benzene rings is 1. The van der Waals surface area contributed by atoms with Crippen LogP contribution in [0.1, 0.15) is 57.4 Å². The molecule has 1 fully saturated rings. The lowest BCUT2D eigenvalue weighted by Gasteiger charge is -2.13. The Morgan fingerprint density at radius 2 is 1.77 bits per heavy atom. The third-order valence-electron chi connectivity index (χ3n) is 4.37. The maximum Gasteiger partial charge on any atom is 0.305 e. The van der Waals surface area contributed by atoms with Crippen LogP contribution in [0.5, 0.6) is 0 Å². The number of rotatable bonds is 10. The van der Waals surface area contributed by atoms with Gasteiger partial charge in [-0.2, -0.15) is 0 Å². The molecule has 2 amide bonds. The lowest BCUT2D eigenvalue weighted by Crippen LogP contribution is -2.30. The summed E-state index contributed by atoms with van der Waals surface area (Å²) in [7, 11) is 0. The Bertz CT molecular complexity index is 651. The Morgan fingerprint density at radius 3 is 2.50 bits per heavy atom. The molecule has 1 aromatic carbocycles. The van der Waals surface area contributed by atoms with E-state index in [1.165, 1.54) is 4.90 Å². The van der Waals surface area contributed by atoms with Gasteiger partial charge in [-0.3, -0.25) is 19.3 Å². The number of carbonyl (C=O) groups excluding carboxylic acids is 3. The molecule has 0 radical (unpaired) electrons. The minimum atomic E-state index is -0.166. The van der Waals surface area contributed by atoms with Gasteiger partial charge in [0.15, 0.2) is 0 Å². The summed E-state index contributed by atoms with van der Waals surface area (Å²) in [6, 6.07) is 9.58. The van der Waals surface area contributed by atoms with E-state index in [2.05, 4.69) is 0 Å². The molecule has 1 aromatic rings. The average Bonchev–Trinajstić information content (AvgIpc) is 2.89. The van der Waals surface area contributed by atoms with Crippen molar-refractivity contribution in [2.45, 2.75) is 51.9 Å². The van der Waals surface area contributed by atoms with Crippen molar-refractivity contribution in [1.29, 1.82) is 0 Å². The molecule has 0 aliphatic carbocycles. The number of hydrogen-bond acceptors (Lipinski definition) is 4. The van der Waals surface area contributed by atoms with E-state index in [1.54, 1.807) is 13.0 Å². The van der Waals surface area contributed by atoms with Crippen molar-refractivity contribution in [2.24, 2.45) is 0 Å². The number of carbonyl (C=O) groups is 3. The molecule has 1 saturated heterocycles. The Balaban J connectivity index is 1.68. The van der Waals surface area contributed by atoms with E-state index < -0.39 is 0 Å². The lowest BCUT2D eigenvalue weighted by molar-refractivity contribution is -0.143. The first kappa shape index (κ1) is 19.9. The van der Waals surface area contributed by atoms with Crippen LogP contribution >= 0.6 is 0 Å². The molecule has 5 nitrogen and oxygen atoms in total. The number of hydrogen-bond donors (Lipinski definition) is 0. The molecule has 1 aliphatic rings. The number of esters is 1. The van der Waals surface area contributed by atoms with Crippen LogP contribution in [0.3, 0.4) is 0 Å². The molecule has 0 bridgehead atoms. The van der Waals surface area contributed by atoms with Crippen LogP contribution in [0.2, 0.25) is 0 Å². The summed E-state index contributed by atoms with van der Waals surface area (Å²) in [5, 5.41) is 0. The molecule has 0 unspecified atom stereocenters. The molecule has 5 heteroatoms. The number of likely N-dealkylation sites (tertiary alicyclic amines) is 1. The standard InChI is InChI=1S/C21H27NO4/c1-2-26-20(24)13-9-4-3-5-10-14-22-19(23)16-18(21(22)25)15-17-11-7-6-8-12-17/h6-8,11-12,15H,2-5,9-10,13-14,16H2,1H3/b18-15+. The second kappa shape index (κ2) is 10.5. The first-order valence-corrected chi connectivity index (χ1v) is 9.37. The summed E-state index contributed by atoms with van der Waals surface area (Å²) in [5.74, 6) is -0.417. The highest BCUT2D eigenvalue weighted by Crippen LogP contribution is 2.22. The Kier molecular flexibility index (Phi) is 8.06. The summed E-state index contributed by atoms with van der Waals surface area (Å²) >= 11 is 0. The van der Waals surface area contributed by atoms with Gasteiger partial charge in [0.05, 0.1) is 13.0 Å². The fourth-order valence-corrected chi connectivity index (χ4v) is 3.01. The number of amides is 2. The van der Waals surface area contributed by atoms with Crippen molar-refractivity contribution in [1.82, 2.24) is 4.90 Å². The fraction of sp³-hybridized carbons (Fsp3) is 0.476. The highest BCUT2D eigenvalue weighted by Gasteiger charge is 2.32. The highest BCUT2D eigenvalue weighted by atomic mass is 16.5. The number of unbranched alkanes of at least 4 members (excludes halogenated alkanes) is 4. The molecule has 0 saturated carbocycles. The number of nitrogens with zero attached hydrogens (tertiary/aromatic N) is 1. The molecule has 1 heterocycles. The Labute approximate surface area is 155 Å². The van der Waals surface area contributed by atoms with Gasteiger partial charge in [-0.05, 0) is 31.4 Å². The van der Waals surface area contributed by atoms with Gasteiger partial charge in [0.2, 0.25) is 5.91 Å². The van der Waals surface area contributed by atoms with Crippen molar-refractivity contribution in [2.75, 3.05) is 13.2 Å².